The number of carbonyl (C=O) groups is 1. The minimum absolute atomic E-state index is 0.286. The lowest BCUT2D eigenvalue weighted by Crippen LogP contribution is -2.07. The van der Waals surface area contributed by atoms with E-state index in [0.717, 1.165) is 17.9 Å². The summed E-state index contributed by atoms with van der Waals surface area (Å²) in [6.07, 6.45) is 13.1. The monoisotopic (exact) mass is 302 g/mol. The SMILES string of the molecule is Nc1ccc(CC(=O)CCCCCC2CCCCC2)c(N)c1. The van der Waals surface area contributed by atoms with Gasteiger partial charge in [0.15, 0.2) is 0 Å². The molecule has 122 valence electrons. The number of hydrogen-bond donors (Lipinski definition) is 2. The van der Waals surface area contributed by atoms with Gasteiger partial charge in [-0.1, -0.05) is 57.4 Å². The maximum absolute atomic E-state index is 12.0. The molecular weight excluding hydrogens is 272 g/mol. The Morgan fingerprint density at radius 2 is 1.82 bits per heavy atom. The minimum atomic E-state index is 0.286. The van der Waals surface area contributed by atoms with E-state index in [2.05, 4.69) is 0 Å². The standard InChI is InChI=1S/C19H30N2O/c20-17-12-11-16(19(21)14-17)13-18(22)10-6-2-5-9-15-7-3-1-4-8-15/h11-12,14-15H,1-10,13,20-21H2. The number of anilines is 2. The van der Waals surface area contributed by atoms with Crippen molar-refractivity contribution in [1.82, 2.24) is 0 Å². The quantitative estimate of drug-likeness (QED) is 0.549. The second kappa shape index (κ2) is 8.82. The van der Waals surface area contributed by atoms with Gasteiger partial charge in [-0.15, -0.1) is 0 Å². The molecule has 3 nitrogen and oxygen atoms in total. The highest BCUT2D eigenvalue weighted by molar-refractivity contribution is 5.82. The Morgan fingerprint density at radius 1 is 1.05 bits per heavy atom. The number of ketones is 1. The van der Waals surface area contributed by atoms with Crippen molar-refractivity contribution in [3.05, 3.63) is 23.8 Å². The molecule has 0 unspecified atom stereocenters. The topological polar surface area (TPSA) is 69.1 Å². The van der Waals surface area contributed by atoms with Gasteiger partial charge in [0.1, 0.15) is 5.78 Å². The third-order valence-electron chi connectivity index (χ3n) is 4.85. The van der Waals surface area contributed by atoms with E-state index in [1.807, 2.05) is 12.1 Å². The van der Waals surface area contributed by atoms with Gasteiger partial charge in [0.25, 0.3) is 0 Å². The van der Waals surface area contributed by atoms with Crippen molar-refractivity contribution < 1.29 is 4.79 Å². The third-order valence-corrected chi connectivity index (χ3v) is 4.85. The van der Waals surface area contributed by atoms with Gasteiger partial charge in [0.2, 0.25) is 0 Å². The Morgan fingerprint density at radius 3 is 2.55 bits per heavy atom. The molecule has 0 saturated heterocycles. The first-order valence-electron chi connectivity index (χ1n) is 8.80. The Hall–Kier alpha value is -1.51. The molecule has 0 radical (unpaired) electrons. The van der Waals surface area contributed by atoms with Gasteiger partial charge in [-0.2, -0.15) is 0 Å². The van der Waals surface area contributed by atoms with Crippen molar-refractivity contribution in [2.24, 2.45) is 5.92 Å². The van der Waals surface area contributed by atoms with Crippen LogP contribution in [0.15, 0.2) is 18.2 Å². The number of hydrogen-bond acceptors (Lipinski definition) is 3. The number of nitrogens with two attached hydrogens (primary N) is 2. The Labute approximate surface area is 134 Å². The van der Waals surface area contributed by atoms with Crippen molar-refractivity contribution in [3.63, 3.8) is 0 Å². The van der Waals surface area contributed by atoms with E-state index in [-0.39, 0.29) is 5.78 Å². The van der Waals surface area contributed by atoms with Gasteiger partial charge in [0, 0.05) is 24.2 Å². The average molecular weight is 302 g/mol. The van der Waals surface area contributed by atoms with Gasteiger partial charge in [-0.3, -0.25) is 4.79 Å². The van der Waals surface area contributed by atoms with E-state index in [4.69, 9.17) is 11.5 Å². The lowest BCUT2D eigenvalue weighted by atomic mass is 9.85. The normalized spacial score (nSPS) is 15.8. The molecule has 4 N–H and O–H groups in total. The Bertz CT molecular complexity index is 478. The van der Waals surface area contributed by atoms with Crippen LogP contribution < -0.4 is 11.5 Å². The fourth-order valence-electron chi connectivity index (χ4n) is 3.48. The molecular formula is C19H30N2O. The van der Waals surface area contributed by atoms with Crippen molar-refractivity contribution in [1.29, 1.82) is 0 Å². The number of rotatable bonds is 8. The Balaban J connectivity index is 1.59. The zero-order valence-electron chi connectivity index (χ0n) is 13.7. The molecule has 1 aromatic rings. The molecule has 0 aromatic heterocycles. The first kappa shape index (κ1) is 16.9. The summed E-state index contributed by atoms with van der Waals surface area (Å²) in [5, 5.41) is 0. The summed E-state index contributed by atoms with van der Waals surface area (Å²) in [7, 11) is 0. The summed E-state index contributed by atoms with van der Waals surface area (Å²) in [6, 6.07) is 5.40. The number of carbonyl (C=O) groups excluding carboxylic acids is 1. The molecule has 1 fully saturated rings. The summed E-state index contributed by atoms with van der Waals surface area (Å²) in [5.74, 6) is 1.24. The minimum Gasteiger partial charge on any atom is -0.399 e. The highest BCUT2D eigenvalue weighted by Crippen LogP contribution is 2.28. The van der Waals surface area contributed by atoms with Gasteiger partial charge in [-0.25, -0.2) is 0 Å². The molecule has 3 heteroatoms. The van der Waals surface area contributed by atoms with Crippen LogP contribution in [0, 0.1) is 5.92 Å². The molecule has 1 aliphatic rings. The van der Waals surface area contributed by atoms with E-state index in [9.17, 15) is 4.79 Å². The summed E-state index contributed by atoms with van der Waals surface area (Å²) in [5.41, 5.74) is 13.7. The lowest BCUT2D eigenvalue weighted by molar-refractivity contribution is -0.118. The molecule has 0 spiro atoms. The molecule has 0 amide bonds. The van der Waals surface area contributed by atoms with Crippen molar-refractivity contribution >= 4 is 17.2 Å². The van der Waals surface area contributed by atoms with Crippen LogP contribution in [-0.2, 0) is 11.2 Å². The van der Waals surface area contributed by atoms with E-state index in [0.29, 0.717) is 24.2 Å². The molecule has 2 rings (SSSR count). The lowest BCUT2D eigenvalue weighted by Gasteiger charge is -2.21. The Kier molecular flexibility index (Phi) is 6.75. The fourth-order valence-corrected chi connectivity index (χ4v) is 3.48. The number of unbranched alkanes of at least 4 members (excludes halogenated alkanes) is 2. The third kappa shape index (κ3) is 5.70. The van der Waals surface area contributed by atoms with Crippen LogP contribution in [0.5, 0.6) is 0 Å². The second-order valence-electron chi connectivity index (χ2n) is 6.78. The first-order chi connectivity index (χ1) is 10.6. The number of Topliss-reactive ketones (excluding diaryl/α,β-unsaturated/α-hetero) is 1. The maximum Gasteiger partial charge on any atom is 0.137 e. The molecule has 1 aliphatic carbocycles. The van der Waals surface area contributed by atoms with E-state index >= 15 is 0 Å². The van der Waals surface area contributed by atoms with Crippen LogP contribution in [0.2, 0.25) is 0 Å². The van der Waals surface area contributed by atoms with E-state index in [1.165, 1.54) is 51.4 Å². The fraction of sp³-hybridized carbons (Fsp3) is 0.632. The van der Waals surface area contributed by atoms with Crippen LogP contribution in [0.25, 0.3) is 0 Å². The zero-order chi connectivity index (χ0) is 15.8. The summed E-state index contributed by atoms with van der Waals surface area (Å²) >= 11 is 0. The van der Waals surface area contributed by atoms with Crippen LogP contribution in [0.4, 0.5) is 11.4 Å². The van der Waals surface area contributed by atoms with Crippen molar-refractivity contribution in [2.45, 2.75) is 70.6 Å². The van der Waals surface area contributed by atoms with Gasteiger partial charge >= 0.3 is 0 Å². The molecule has 22 heavy (non-hydrogen) atoms. The molecule has 0 heterocycles. The first-order valence-corrected chi connectivity index (χ1v) is 8.80. The van der Waals surface area contributed by atoms with Crippen LogP contribution in [0.1, 0.15) is 69.8 Å². The zero-order valence-corrected chi connectivity index (χ0v) is 13.7. The number of benzene rings is 1. The molecule has 1 saturated carbocycles. The molecule has 1 aromatic carbocycles. The summed E-state index contributed by atoms with van der Waals surface area (Å²) in [6.45, 7) is 0. The van der Waals surface area contributed by atoms with Crippen LogP contribution in [0.3, 0.4) is 0 Å². The smallest absolute Gasteiger partial charge is 0.137 e. The number of nitrogen functional groups attached to an aromatic ring is 2. The molecule has 0 aliphatic heterocycles. The molecule has 0 atom stereocenters. The molecule has 0 bridgehead atoms. The van der Waals surface area contributed by atoms with Gasteiger partial charge in [-0.05, 0) is 30.0 Å². The predicted octanol–water partition coefficient (Wildman–Crippen LogP) is 4.49. The van der Waals surface area contributed by atoms with E-state index in [1.54, 1.807) is 6.07 Å². The van der Waals surface area contributed by atoms with E-state index < -0.39 is 0 Å². The summed E-state index contributed by atoms with van der Waals surface area (Å²) < 4.78 is 0. The average Bonchev–Trinajstić information content (AvgIpc) is 2.51. The maximum atomic E-state index is 12.0. The van der Waals surface area contributed by atoms with Crippen molar-refractivity contribution in [3.8, 4) is 0 Å². The van der Waals surface area contributed by atoms with Gasteiger partial charge < -0.3 is 11.5 Å². The predicted molar refractivity (Wildman–Crippen MR) is 93.6 cm³/mol. The largest absolute Gasteiger partial charge is 0.399 e. The highest BCUT2D eigenvalue weighted by atomic mass is 16.1. The summed E-state index contributed by atoms with van der Waals surface area (Å²) in [4.78, 5) is 12.0. The van der Waals surface area contributed by atoms with Crippen LogP contribution in [-0.4, -0.2) is 5.78 Å². The highest BCUT2D eigenvalue weighted by Gasteiger charge is 2.12. The second-order valence-corrected chi connectivity index (χ2v) is 6.78. The van der Waals surface area contributed by atoms with Crippen molar-refractivity contribution in [2.75, 3.05) is 11.5 Å². The van der Waals surface area contributed by atoms with Gasteiger partial charge in [0.05, 0.1) is 0 Å². The van der Waals surface area contributed by atoms with Crippen LogP contribution >= 0.6 is 0 Å².